The molecular weight excluding hydrogens is 156 g/mol. The van der Waals surface area contributed by atoms with Crippen molar-refractivity contribution < 1.29 is 0 Å². The molecule has 0 amide bonds. The van der Waals surface area contributed by atoms with Crippen LogP contribution in [0.5, 0.6) is 0 Å². The summed E-state index contributed by atoms with van der Waals surface area (Å²) in [6.07, 6.45) is 8.55. The summed E-state index contributed by atoms with van der Waals surface area (Å²) in [6.45, 7) is 9.16. The van der Waals surface area contributed by atoms with Crippen molar-refractivity contribution in [1.82, 2.24) is 0 Å². The smallest absolute Gasteiger partial charge is 0.0130 e. The van der Waals surface area contributed by atoms with E-state index in [4.69, 9.17) is 0 Å². The van der Waals surface area contributed by atoms with Crippen molar-refractivity contribution in [2.75, 3.05) is 0 Å². The molecule has 13 heavy (non-hydrogen) atoms. The Morgan fingerprint density at radius 1 is 1.08 bits per heavy atom. The van der Waals surface area contributed by atoms with E-state index in [1.807, 2.05) is 0 Å². The van der Waals surface area contributed by atoms with Gasteiger partial charge < -0.3 is 0 Å². The minimum absolute atomic E-state index is 0.792. The molecule has 0 atom stereocenters. The summed E-state index contributed by atoms with van der Waals surface area (Å²) < 4.78 is 0. The second-order valence-electron chi connectivity index (χ2n) is 4.98. The van der Waals surface area contributed by atoms with E-state index in [1.165, 1.54) is 19.3 Å². The van der Waals surface area contributed by atoms with Gasteiger partial charge in [-0.15, -0.1) is 0 Å². The van der Waals surface area contributed by atoms with E-state index in [0.29, 0.717) is 0 Å². The molecule has 0 saturated carbocycles. The summed E-state index contributed by atoms with van der Waals surface area (Å²) in [5, 5.41) is 0. The van der Waals surface area contributed by atoms with Gasteiger partial charge in [0.15, 0.2) is 0 Å². The summed E-state index contributed by atoms with van der Waals surface area (Å²) in [6, 6.07) is 0. The first-order valence-electron chi connectivity index (χ1n) is 5.46. The van der Waals surface area contributed by atoms with Crippen LogP contribution in [-0.4, -0.2) is 0 Å². The number of allylic oxidation sites excluding steroid dienone is 4. The standard InChI is InChI=1S/C13H22/c1-10(2)7-12-5-6-13(9-12)8-11(3)4/h5,9-11H,6-8H2,1-4H3. The average molecular weight is 178 g/mol. The van der Waals surface area contributed by atoms with Crippen LogP contribution >= 0.6 is 0 Å². The van der Waals surface area contributed by atoms with Crippen molar-refractivity contribution >= 4 is 0 Å². The molecule has 1 aliphatic carbocycles. The highest BCUT2D eigenvalue weighted by Gasteiger charge is 2.08. The Bertz CT molecular complexity index is 216. The minimum Gasteiger partial charge on any atom is -0.0772 e. The van der Waals surface area contributed by atoms with Gasteiger partial charge in [0.05, 0.1) is 0 Å². The Labute approximate surface area is 82.7 Å². The maximum absolute atomic E-state index is 2.42. The van der Waals surface area contributed by atoms with Crippen molar-refractivity contribution in [3.05, 3.63) is 23.3 Å². The van der Waals surface area contributed by atoms with Gasteiger partial charge in [-0.1, -0.05) is 51.0 Å². The molecule has 0 unspecified atom stereocenters. The maximum Gasteiger partial charge on any atom is -0.0130 e. The first-order chi connectivity index (χ1) is 6.08. The van der Waals surface area contributed by atoms with Crippen LogP contribution in [0.4, 0.5) is 0 Å². The van der Waals surface area contributed by atoms with E-state index in [-0.39, 0.29) is 0 Å². The van der Waals surface area contributed by atoms with Crippen LogP contribution in [0.1, 0.15) is 47.0 Å². The third-order valence-electron chi connectivity index (χ3n) is 2.33. The van der Waals surface area contributed by atoms with E-state index < -0.39 is 0 Å². The average Bonchev–Trinajstić information content (AvgIpc) is 2.33. The van der Waals surface area contributed by atoms with Crippen LogP contribution in [0, 0.1) is 11.8 Å². The van der Waals surface area contributed by atoms with Gasteiger partial charge in [0.25, 0.3) is 0 Å². The van der Waals surface area contributed by atoms with Crippen LogP contribution in [0.25, 0.3) is 0 Å². The van der Waals surface area contributed by atoms with Crippen LogP contribution in [0.3, 0.4) is 0 Å². The molecule has 0 heteroatoms. The summed E-state index contributed by atoms with van der Waals surface area (Å²) >= 11 is 0. The fraction of sp³-hybridized carbons (Fsp3) is 0.692. The van der Waals surface area contributed by atoms with Gasteiger partial charge >= 0.3 is 0 Å². The van der Waals surface area contributed by atoms with Gasteiger partial charge in [0, 0.05) is 0 Å². The zero-order valence-corrected chi connectivity index (χ0v) is 9.43. The number of hydrogen-bond acceptors (Lipinski definition) is 0. The van der Waals surface area contributed by atoms with Crippen molar-refractivity contribution in [1.29, 1.82) is 0 Å². The molecule has 0 radical (unpaired) electrons. The van der Waals surface area contributed by atoms with Crippen LogP contribution in [0.2, 0.25) is 0 Å². The quantitative estimate of drug-likeness (QED) is 0.601. The molecule has 0 bridgehead atoms. The lowest BCUT2D eigenvalue weighted by Crippen LogP contribution is -1.89. The molecule has 0 heterocycles. The van der Waals surface area contributed by atoms with E-state index in [9.17, 15) is 0 Å². The second kappa shape index (κ2) is 4.64. The monoisotopic (exact) mass is 178 g/mol. The number of hydrogen-bond donors (Lipinski definition) is 0. The van der Waals surface area contributed by atoms with Crippen molar-refractivity contribution in [2.24, 2.45) is 11.8 Å². The summed E-state index contributed by atoms with van der Waals surface area (Å²) in [4.78, 5) is 0. The zero-order valence-electron chi connectivity index (χ0n) is 9.43. The lowest BCUT2D eigenvalue weighted by molar-refractivity contribution is 0.636. The lowest BCUT2D eigenvalue weighted by Gasteiger charge is -2.05. The highest BCUT2D eigenvalue weighted by molar-refractivity contribution is 5.32. The minimum atomic E-state index is 0.792. The molecule has 1 aliphatic rings. The summed E-state index contributed by atoms with van der Waals surface area (Å²) in [5.74, 6) is 1.60. The Balaban J connectivity index is 2.41. The van der Waals surface area contributed by atoms with Crippen LogP contribution < -0.4 is 0 Å². The molecule has 0 spiro atoms. The Hall–Kier alpha value is -0.520. The molecule has 74 valence electrons. The van der Waals surface area contributed by atoms with Gasteiger partial charge in [-0.2, -0.15) is 0 Å². The van der Waals surface area contributed by atoms with E-state index in [0.717, 1.165) is 11.8 Å². The molecule has 0 fully saturated rings. The van der Waals surface area contributed by atoms with Crippen LogP contribution in [0.15, 0.2) is 23.3 Å². The van der Waals surface area contributed by atoms with E-state index >= 15 is 0 Å². The van der Waals surface area contributed by atoms with Gasteiger partial charge in [-0.25, -0.2) is 0 Å². The van der Waals surface area contributed by atoms with Crippen LogP contribution in [-0.2, 0) is 0 Å². The van der Waals surface area contributed by atoms with Gasteiger partial charge in [-0.3, -0.25) is 0 Å². The highest BCUT2D eigenvalue weighted by Crippen LogP contribution is 2.26. The molecule has 0 nitrogen and oxygen atoms in total. The molecule has 0 aromatic heterocycles. The second-order valence-corrected chi connectivity index (χ2v) is 4.98. The van der Waals surface area contributed by atoms with E-state index in [1.54, 1.807) is 11.1 Å². The molecule has 0 N–H and O–H groups in total. The van der Waals surface area contributed by atoms with Crippen molar-refractivity contribution in [2.45, 2.75) is 47.0 Å². The van der Waals surface area contributed by atoms with E-state index in [2.05, 4.69) is 39.8 Å². The summed E-state index contributed by atoms with van der Waals surface area (Å²) in [5.41, 5.74) is 3.19. The molecular formula is C13H22. The maximum atomic E-state index is 2.42. The fourth-order valence-electron chi connectivity index (χ4n) is 1.92. The zero-order chi connectivity index (χ0) is 9.84. The molecule has 1 rings (SSSR count). The van der Waals surface area contributed by atoms with Crippen molar-refractivity contribution in [3.8, 4) is 0 Å². The molecule has 0 saturated heterocycles. The predicted octanol–water partition coefficient (Wildman–Crippen LogP) is 4.34. The Kier molecular flexibility index (Phi) is 3.77. The van der Waals surface area contributed by atoms with Gasteiger partial charge in [-0.05, 0) is 31.1 Å². The molecule has 0 aromatic carbocycles. The topological polar surface area (TPSA) is 0 Å². The largest absolute Gasteiger partial charge is 0.0772 e. The predicted molar refractivity (Wildman–Crippen MR) is 59.7 cm³/mol. The Morgan fingerprint density at radius 3 is 2.23 bits per heavy atom. The first kappa shape index (κ1) is 10.6. The third-order valence-corrected chi connectivity index (χ3v) is 2.33. The third kappa shape index (κ3) is 3.80. The Morgan fingerprint density at radius 2 is 1.69 bits per heavy atom. The fourth-order valence-corrected chi connectivity index (χ4v) is 1.92. The normalized spacial score (nSPS) is 16.8. The number of rotatable bonds is 4. The van der Waals surface area contributed by atoms with Crippen molar-refractivity contribution in [3.63, 3.8) is 0 Å². The SMILES string of the molecule is CC(C)CC1=CCC(CC(C)C)=C1. The summed E-state index contributed by atoms with van der Waals surface area (Å²) in [7, 11) is 0. The van der Waals surface area contributed by atoms with Gasteiger partial charge in [0.2, 0.25) is 0 Å². The molecule has 0 aromatic rings. The molecule has 0 aliphatic heterocycles. The first-order valence-corrected chi connectivity index (χ1v) is 5.46. The van der Waals surface area contributed by atoms with Gasteiger partial charge in [0.1, 0.15) is 0 Å². The highest BCUT2D eigenvalue weighted by atomic mass is 14.1. The lowest BCUT2D eigenvalue weighted by atomic mass is 10.0.